The number of nitrogens with zero attached hydrogens (tertiary/aromatic N) is 2. The van der Waals surface area contributed by atoms with E-state index < -0.39 is 0 Å². The fourth-order valence-corrected chi connectivity index (χ4v) is 3.22. The van der Waals surface area contributed by atoms with Crippen molar-refractivity contribution in [2.24, 2.45) is 5.73 Å². The fraction of sp³-hybridized carbons (Fsp3) is 0.533. The number of benzene rings is 1. The number of hydrogen-bond donors (Lipinski definition) is 2. The second-order valence-electron chi connectivity index (χ2n) is 5.97. The first-order valence-electron chi connectivity index (χ1n) is 7.42. The summed E-state index contributed by atoms with van der Waals surface area (Å²) in [5.41, 5.74) is 7.02. The number of H-pyrrole nitrogens is 1. The van der Waals surface area contributed by atoms with Crippen LogP contribution in [-0.2, 0) is 0 Å². The Hall–Kier alpha value is -1.66. The SMILES string of the molecule is C[C@H](N)CN1CCC(n2c(=O)[nH]c3ccc(F)cc32)CC1. The predicted molar refractivity (Wildman–Crippen MR) is 80.9 cm³/mol. The highest BCUT2D eigenvalue weighted by atomic mass is 19.1. The molecule has 1 saturated heterocycles. The maximum Gasteiger partial charge on any atom is 0.326 e. The maximum absolute atomic E-state index is 13.4. The number of nitrogens with one attached hydrogen (secondary N) is 1. The molecule has 1 aromatic carbocycles. The molecule has 0 saturated carbocycles. The Balaban J connectivity index is 1.84. The Labute approximate surface area is 122 Å². The highest BCUT2D eigenvalue weighted by Crippen LogP contribution is 2.25. The Morgan fingerprint density at radius 2 is 2.14 bits per heavy atom. The minimum atomic E-state index is -0.315. The highest BCUT2D eigenvalue weighted by Gasteiger charge is 2.23. The number of nitrogens with two attached hydrogens (primary N) is 1. The number of piperidine rings is 1. The van der Waals surface area contributed by atoms with E-state index in [9.17, 15) is 9.18 Å². The summed E-state index contributed by atoms with van der Waals surface area (Å²) in [7, 11) is 0. The molecular weight excluding hydrogens is 271 g/mol. The summed E-state index contributed by atoms with van der Waals surface area (Å²) in [5.74, 6) is -0.315. The van der Waals surface area contributed by atoms with Crippen LogP contribution in [-0.4, -0.2) is 40.1 Å². The third kappa shape index (κ3) is 2.87. The predicted octanol–water partition coefficient (Wildman–Crippen LogP) is 1.45. The van der Waals surface area contributed by atoms with Crippen LogP contribution in [0.5, 0.6) is 0 Å². The van der Waals surface area contributed by atoms with Gasteiger partial charge in [-0.3, -0.25) is 4.57 Å². The number of hydrogen-bond acceptors (Lipinski definition) is 3. The van der Waals surface area contributed by atoms with Gasteiger partial charge in [-0.2, -0.15) is 0 Å². The molecule has 2 aromatic rings. The molecule has 5 nitrogen and oxygen atoms in total. The molecule has 3 N–H and O–H groups in total. The number of aromatic nitrogens is 2. The molecule has 0 amide bonds. The van der Waals surface area contributed by atoms with Crippen molar-refractivity contribution in [3.8, 4) is 0 Å². The number of imidazole rings is 1. The van der Waals surface area contributed by atoms with Gasteiger partial charge in [0.05, 0.1) is 11.0 Å². The number of fused-ring (bicyclic) bond motifs is 1. The first-order chi connectivity index (χ1) is 10.0. The van der Waals surface area contributed by atoms with Gasteiger partial charge in [0.1, 0.15) is 5.82 Å². The summed E-state index contributed by atoms with van der Waals surface area (Å²) in [6.07, 6.45) is 1.77. The van der Waals surface area contributed by atoms with Gasteiger partial charge in [0.2, 0.25) is 0 Å². The molecule has 0 radical (unpaired) electrons. The van der Waals surface area contributed by atoms with E-state index in [-0.39, 0.29) is 23.6 Å². The van der Waals surface area contributed by atoms with E-state index in [1.54, 1.807) is 10.6 Å². The van der Waals surface area contributed by atoms with Gasteiger partial charge in [-0.1, -0.05) is 0 Å². The zero-order chi connectivity index (χ0) is 15.0. The van der Waals surface area contributed by atoms with Gasteiger partial charge < -0.3 is 15.6 Å². The van der Waals surface area contributed by atoms with Crippen molar-refractivity contribution in [2.75, 3.05) is 19.6 Å². The van der Waals surface area contributed by atoms with Gasteiger partial charge >= 0.3 is 5.69 Å². The molecule has 0 unspecified atom stereocenters. The van der Waals surface area contributed by atoms with E-state index in [4.69, 9.17) is 5.73 Å². The Morgan fingerprint density at radius 1 is 1.43 bits per heavy atom. The molecule has 6 heteroatoms. The molecule has 3 rings (SSSR count). The zero-order valence-corrected chi connectivity index (χ0v) is 12.2. The van der Waals surface area contributed by atoms with E-state index in [1.807, 2.05) is 6.92 Å². The summed E-state index contributed by atoms with van der Waals surface area (Å²) in [5, 5.41) is 0. The van der Waals surface area contributed by atoms with E-state index in [2.05, 4.69) is 9.88 Å². The zero-order valence-electron chi connectivity index (χ0n) is 12.2. The summed E-state index contributed by atoms with van der Waals surface area (Å²) < 4.78 is 15.2. The molecule has 1 atom stereocenters. The lowest BCUT2D eigenvalue weighted by atomic mass is 10.0. The first-order valence-corrected chi connectivity index (χ1v) is 7.42. The minimum absolute atomic E-state index is 0.123. The van der Waals surface area contributed by atoms with Crippen LogP contribution in [0.4, 0.5) is 4.39 Å². The van der Waals surface area contributed by atoms with Crippen molar-refractivity contribution < 1.29 is 4.39 Å². The van der Waals surface area contributed by atoms with Crippen molar-refractivity contribution >= 4 is 11.0 Å². The second kappa shape index (κ2) is 5.61. The van der Waals surface area contributed by atoms with Gasteiger partial charge in [-0.25, -0.2) is 9.18 Å². The quantitative estimate of drug-likeness (QED) is 0.900. The number of likely N-dealkylation sites (tertiary alicyclic amines) is 1. The highest BCUT2D eigenvalue weighted by molar-refractivity contribution is 5.75. The molecular formula is C15H21FN4O. The van der Waals surface area contributed by atoms with E-state index >= 15 is 0 Å². The van der Waals surface area contributed by atoms with Crippen LogP contribution < -0.4 is 11.4 Å². The smallest absolute Gasteiger partial charge is 0.326 e. The molecule has 1 aliphatic heterocycles. The van der Waals surface area contributed by atoms with Crippen molar-refractivity contribution in [3.05, 3.63) is 34.5 Å². The summed E-state index contributed by atoms with van der Waals surface area (Å²) in [6, 6.07) is 4.70. The van der Waals surface area contributed by atoms with E-state index in [1.165, 1.54) is 12.1 Å². The molecule has 1 aliphatic rings. The van der Waals surface area contributed by atoms with Crippen molar-refractivity contribution in [2.45, 2.75) is 31.8 Å². The summed E-state index contributed by atoms with van der Waals surface area (Å²) in [6.45, 7) is 4.71. The van der Waals surface area contributed by atoms with E-state index in [0.717, 1.165) is 32.5 Å². The monoisotopic (exact) mass is 292 g/mol. The standard InChI is InChI=1S/C15H21FN4O/c1-10(17)9-19-6-4-12(5-7-19)20-14-8-11(16)2-3-13(14)18-15(20)21/h2-3,8,10,12H,4-7,9,17H2,1H3,(H,18,21)/t10-/m0/s1. The van der Waals surface area contributed by atoms with Crippen molar-refractivity contribution in [3.63, 3.8) is 0 Å². The molecule has 1 aromatic heterocycles. The van der Waals surface area contributed by atoms with Crippen LogP contribution >= 0.6 is 0 Å². The minimum Gasteiger partial charge on any atom is -0.327 e. The van der Waals surface area contributed by atoms with Gasteiger partial charge in [0.25, 0.3) is 0 Å². The van der Waals surface area contributed by atoms with Gasteiger partial charge in [0.15, 0.2) is 0 Å². The Bertz CT molecular complexity index is 683. The molecule has 21 heavy (non-hydrogen) atoms. The lowest BCUT2D eigenvalue weighted by molar-refractivity contribution is 0.180. The molecule has 114 valence electrons. The second-order valence-corrected chi connectivity index (χ2v) is 5.97. The molecule has 2 heterocycles. The van der Waals surface area contributed by atoms with Gasteiger partial charge in [-0.05, 0) is 38.0 Å². The summed E-state index contributed by atoms with van der Waals surface area (Å²) >= 11 is 0. The molecule has 0 bridgehead atoms. The third-order valence-electron chi connectivity index (χ3n) is 4.15. The van der Waals surface area contributed by atoms with Crippen molar-refractivity contribution in [1.29, 1.82) is 0 Å². The van der Waals surface area contributed by atoms with Crippen LogP contribution in [0.25, 0.3) is 11.0 Å². The van der Waals surface area contributed by atoms with Crippen molar-refractivity contribution in [1.82, 2.24) is 14.5 Å². The average Bonchev–Trinajstić information content (AvgIpc) is 2.74. The van der Waals surface area contributed by atoms with Crippen LogP contribution in [0.15, 0.2) is 23.0 Å². The number of aromatic amines is 1. The molecule has 1 fully saturated rings. The first kappa shape index (κ1) is 14.3. The maximum atomic E-state index is 13.4. The number of halogens is 1. The van der Waals surface area contributed by atoms with Gasteiger partial charge in [-0.15, -0.1) is 0 Å². The normalized spacial score (nSPS) is 19.2. The van der Waals surface area contributed by atoms with Crippen LogP contribution in [0.2, 0.25) is 0 Å². The van der Waals surface area contributed by atoms with Crippen LogP contribution in [0.3, 0.4) is 0 Å². The van der Waals surface area contributed by atoms with Gasteiger partial charge in [0, 0.05) is 31.7 Å². The lowest BCUT2D eigenvalue weighted by Crippen LogP contribution is -2.42. The van der Waals surface area contributed by atoms with Crippen LogP contribution in [0, 0.1) is 5.82 Å². The average molecular weight is 292 g/mol. The fourth-order valence-electron chi connectivity index (χ4n) is 3.22. The largest absolute Gasteiger partial charge is 0.327 e. The Morgan fingerprint density at radius 3 is 2.81 bits per heavy atom. The Kier molecular flexibility index (Phi) is 3.82. The van der Waals surface area contributed by atoms with Crippen LogP contribution in [0.1, 0.15) is 25.8 Å². The molecule has 0 spiro atoms. The topological polar surface area (TPSA) is 67.0 Å². The lowest BCUT2D eigenvalue weighted by Gasteiger charge is -2.33. The summed E-state index contributed by atoms with van der Waals surface area (Å²) in [4.78, 5) is 17.3. The molecule has 0 aliphatic carbocycles. The third-order valence-corrected chi connectivity index (χ3v) is 4.15. The number of rotatable bonds is 3. The van der Waals surface area contributed by atoms with E-state index in [0.29, 0.717) is 11.0 Å².